The van der Waals surface area contributed by atoms with Gasteiger partial charge in [0.15, 0.2) is 28.9 Å². The Hall–Kier alpha value is -2.33. The van der Waals surface area contributed by atoms with Gasteiger partial charge >= 0.3 is 13.6 Å². The number of nitrogens with one attached hydrogen (secondary N) is 1. The monoisotopic (exact) mass is 724 g/mol. The van der Waals surface area contributed by atoms with Crippen LogP contribution in [0.15, 0.2) is 17.4 Å². The first-order valence-electron chi connectivity index (χ1n) is 13.0. The number of H-pyrrole nitrogens is 1. The number of nitrogens with zero attached hydrogens (tertiary/aromatic N) is 7. The van der Waals surface area contributed by atoms with E-state index in [1.807, 2.05) is 0 Å². The lowest BCUT2D eigenvalue weighted by Gasteiger charge is -2.28. The van der Waals surface area contributed by atoms with Gasteiger partial charge in [0.25, 0.3) is 5.56 Å². The van der Waals surface area contributed by atoms with E-state index in [1.54, 1.807) is 0 Å². The molecule has 3 saturated heterocycles. The Morgan fingerprint density at radius 3 is 2.38 bits per heavy atom. The van der Waals surface area contributed by atoms with E-state index in [9.17, 15) is 19.0 Å². The van der Waals surface area contributed by atoms with Crippen molar-refractivity contribution < 1.29 is 41.8 Å². The van der Waals surface area contributed by atoms with Gasteiger partial charge in [-0.25, -0.2) is 19.1 Å². The van der Waals surface area contributed by atoms with E-state index in [4.69, 9.17) is 50.6 Å². The summed E-state index contributed by atoms with van der Waals surface area (Å²) in [6.45, 7) is -9.32. The minimum atomic E-state index is -4.24. The summed E-state index contributed by atoms with van der Waals surface area (Å²) in [4.78, 5) is 34.9. The molecule has 7 heterocycles. The van der Waals surface area contributed by atoms with Gasteiger partial charge in [0.05, 0.1) is 25.9 Å². The van der Waals surface area contributed by atoms with Crippen LogP contribution < -0.4 is 17.0 Å². The molecule has 242 valence electrons. The summed E-state index contributed by atoms with van der Waals surface area (Å²) in [7, 11) is 0. The van der Waals surface area contributed by atoms with E-state index < -0.39 is 75.3 Å². The first-order chi connectivity index (χ1) is 21.3. The first kappa shape index (κ1) is 31.3. The number of rotatable bonds is 2. The summed E-state index contributed by atoms with van der Waals surface area (Å²) >= 11 is 14.2. The van der Waals surface area contributed by atoms with Gasteiger partial charge in [-0.2, -0.15) is 15.0 Å². The molecule has 0 saturated carbocycles. The largest absolute Gasteiger partial charge is 0.386 e. The molecule has 0 radical (unpaired) electrons. The number of halogens is 1. The molecule has 6 N–H and O–H groups in total. The maximum atomic E-state index is 13.4. The quantitative estimate of drug-likeness (QED) is 0.0963. The van der Waals surface area contributed by atoms with Crippen molar-refractivity contribution in [2.45, 2.75) is 49.4 Å². The molecule has 25 heteroatoms. The molecule has 45 heavy (non-hydrogen) atoms. The number of aliphatic hydroxyl groups excluding tert-OH is 1. The third kappa shape index (κ3) is 5.87. The van der Waals surface area contributed by atoms with Gasteiger partial charge in [-0.15, -0.1) is 0 Å². The third-order valence-electron chi connectivity index (χ3n) is 7.27. The molecule has 9 atom stereocenters. The Labute approximate surface area is 266 Å². The summed E-state index contributed by atoms with van der Waals surface area (Å²) in [5, 5.41) is 11.1. The van der Waals surface area contributed by atoms with Gasteiger partial charge in [-0.05, 0) is 11.6 Å². The zero-order valence-electron chi connectivity index (χ0n) is 22.4. The second-order valence-electron chi connectivity index (χ2n) is 10.1. The van der Waals surface area contributed by atoms with E-state index in [-0.39, 0.29) is 45.8 Å². The minimum absolute atomic E-state index is 0.00587. The Kier molecular flexibility index (Phi) is 7.94. The van der Waals surface area contributed by atoms with Crippen molar-refractivity contribution in [3.8, 4) is 0 Å². The van der Waals surface area contributed by atoms with Crippen LogP contribution in [0.25, 0.3) is 22.3 Å². The van der Waals surface area contributed by atoms with E-state index in [1.165, 1.54) is 21.8 Å². The maximum absolute atomic E-state index is 13.4. The molecule has 0 spiro atoms. The van der Waals surface area contributed by atoms with Gasteiger partial charge < -0.3 is 26.0 Å². The number of anilines is 2. The van der Waals surface area contributed by atoms with Gasteiger partial charge in [0.1, 0.15) is 42.3 Å². The molecule has 3 fully saturated rings. The van der Waals surface area contributed by atoms with Crippen molar-refractivity contribution in [2.24, 2.45) is 0 Å². The third-order valence-corrected chi connectivity index (χ3v) is 10.7. The van der Waals surface area contributed by atoms with Crippen molar-refractivity contribution in [2.75, 3.05) is 24.7 Å². The summed E-state index contributed by atoms with van der Waals surface area (Å²) in [5.41, 5.74) is 11.4. The number of aromatic nitrogens is 8. The number of aromatic amines is 1. The molecule has 3 unspecified atom stereocenters. The number of aliphatic hydroxyl groups is 1. The number of thiol groups is 2. The molecular formula is C20H23ClN10O10P2S2. The molecule has 4 aromatic heterocycles. The highest BCUT2D eigenvalue weighted by atomic mass is 35.5. The molecule has 7 rings (SSSR count). The number of hydrogen-bond acceptors (Lipinski definition) is 17. The summed E-state index contributed by atoms with van der Waals surface area (Å²) < 4.78 is 64.2. The van der Waals surface area contributed by atoms with Crippen LogP contribution in [-0.2, 0) is 36.7 Å². The zero-order chi connectivity index (χ0) is 31.8. The van der Waals surface area contributed by atoms with Crippen LogP contribution in [0.4, 0.5) is 11.8 Å². The minimum Gasteiger partial charge on any atom is -0.386 e. The average Bonchev–Trinajstić information content (AvgIpc) is 3.71. The smallest absolute Gasteiger partial charge is 0.386 e. The number of ether oxygens (including phenoxy) is 2. The Morgan fingerprint density at radius 2 is 1.60 bits per heavy atom. The highest BCUT2D eigenvalue weighted by Crippen LogP contribution is 2.60. The Balaban J connectivity index is 1.15. The van der Waals surface area contributed by atoms with E-state index >= 15 is 0 Å². The molecule has 0 bridgehead atoms. The highest BCUT2D eigenvalue weighted by Gasteiger charge is 2.51. The van der Waals surface area contributed by atoms with Crippen LogP contribution in [0.5, 0.6) is 0 Å². The van der Waals surface area contributed by atoms with Crippen molar-refractivity contribution in [3.05, 3.63) is 28.3 Å². The molecule has 3 aliphatic heterocycles. The lowest BCUT2D eigenvalue weighted by Crippen LogP contribution is -2.36. The maximum Gasteiger partial charge on any atom is 0.386 e. The molecular weight excluding hydrogens is 702 g/mol. The Bertz CT molecular complexity index is 1960. The van der Waals surface area contributed by atoms with E-state index in [0.29, 0.717) is 0 Å². The standard InChI is InChI=1S/C20H23ClN10O10P2S2/c21-19-26-14(22)10-15(27-19)30(4-24-10)9-1-6-7(38-9)2-36-43(35,45)41-13-8(3-37-42(34,44)40-6)39-18(12(13)32)31-5-25-11-16(31)28-20(23)29-17(11)33/h4-9,12-13,18,32H,1-3H2,(H,34,44)(H,35,45)(H2,22,26,27)(H3,23,28,29,33)/t6?,7-,8-,9-,12?,13?,18-,42-,43-/m1/s1. The van der Waals surface area contributed by atoms with Gasteiger partial charge in [0.2, 0.25) is 11.2 Å². The van der Waals surface area contributed by atoms with Crippen LogP contribution in [0.3, 0.4) is 0 Å². The predicted octanol–water partition coefficient (Wildman–Crippen LogP) is 1.22. The van der Waals surface area contributed by atoms with E-state index in [2.05, 4.69) is 54.4 Å². The van der Waals surface area contributed by atoms with Crippen molar-refractivity contribution in [1.82, 2.24) is 39.0 Å². The fraction of sp³-hybridized carbons (Fsp3) is 0.500. The molecule has 0 amide bonds. The van der Waals surface area contributed by atoms with E-state index in [0.717, 1.165) is 0 Å². The summed E-state index contributed by atoms with van der Waals surface area (Å²) in [6, 6.07) is 0. The predicted molar refractivity (Wildman–Crippen MR) is 161 cm³/mol. The number of nitrogens with two attached hydrogens (primary N) is 2. The normalized spacial score (nSPS) is 36.0. The topological polar surface area (TPSA) is 269 Å². The molecule has 0 aromatic carbocycles. The number of nitrogen functional groups attached to an aromatic ring is 2. The van der Waals surface area contributed by atoms with Gasteiger partial charge in [-0.3, -0.25) is 37.0 Å². The van der Waals surface area contributed by atoms with Crippen LogP contribution in [-0.4, -0.2) is 87.9 Å². The number of imidazole rings is 2. The summed E-state index contributed by atoms with van der Waals surface area (Å²) in [5.74, 6) is -0.145. The molecule has 3 aliphatic rings. The number of hydrogen-bond donors (Lipinski definition) is 6. The fourth-order valence-electron chi connectivity index (χ4n) is 5.32. The second-order valence-corrected chi connectivity index (χ2v) is 16.2. The summed E-state index contributed by atoms with van der Waals surface area (Å²) in [6.07, 6.45) is -5.57. The lowest BCUT2D eigenvalue weighted by molar-refractivity contribution is -0.0553. The Morgan fingerprint density at radius 1 is 0.933 bits per heavy atom. The van der Waals surface area contributed by atoms with Crippen molar-refractivity contribution >= 4 is 83.8 Å². The average molecular weight is 725 g/mol. The molecule has 0 aliphatic carbocycles. The molecule has 20 nitrogen and oxygen atoms in total. The highest BCUT2D eigenvalue weighted by molar-refractivity contribution is 8.44. The second kappa shape index (κ2) is 11.4. The van der Waals surface area contributed by atoms with Crippen LogP contribution in [0.1, 0.15) is 18.9 Å². The first-order valence-corrected chi connectivity index (χ1v) is 18.7. The van der Waals surface area contributed by atoms with Crippen LogP contribution in [0.2, 0.25) is 5.28 Å². The van der Waals surface area contributed by atoms with Crippen molar-refractivity contribution in [1.29, 1.82) is 0 Å². The zero-order valence-corrected chi connectivity index (χ0v) is 26.7. The van der Waals surface area contributed by atoms with Gasteiger partial charge in [0, 0.05) is 6.42 Å². The fourth-order valence-corrected chi connectivity index (χ4v) is 8.50. The van der Waals surface area contributed by atoms with Crippen LogP contribution in [0, 0.1) is 0 Å². The SMILES string of the molecule is Nc1nc2c(ncn2[C@@H]2O[C@@H]3CO[P@@](=O)(S)OC4C[C@H](n5cnc6c(N)nc(Cl)nc65)O[C@@H]4CO[P@@](=O)(S)OC3C2O)c(=O)[nH]1. The van der Waals surface area contributed by atoms with Gasteiger partial charge in [-0.1, -0.05) is 24.5 Å². The van der Waals surface area contributed by atoms with Crippen LogP contribution >= 0.6 is 49.7 Å². The lowest BCUT2D eigenvalue weighted by atomic mass is 10.1. The van der Waals surface area contributed by atoms with Crippen molar-refractivity contribution in [3.63, 3.8) is 0 Å². The number of fused-ring (bicyclic) bond motifs is 4. The molecule has 4 aromatic rings.